The first kappa shape index (κ1) is 25.1. The molecule has 2 fully saturated rings. The smallest absolute Gasteiger partial charge is 0.303 e. The summed E-state index contributed by atoms with van der Waals surface area (Å²) in [5.41, 5.74) is 0.883. The number of carboxylic acid groups (broad SMARTS) is 1. The molecule has 1 aliphatic heterocycles. The van der Waals surface area contributed by atoms with E-state index in [1.54, 1.807) is 0 Å². The Labute approximate surface area is 209 Å². The SMILES string of the molecule is O=C(O)CCCCN1CCN(C(=O)[C@@H](NC(=O)c2cc(Cl)nc(-c3ccccc3)n2)C2CC2)CC1. The van der Waals surface area contributed by atoms with Crippen molar-refractivity contribution in [3.8, 4) is 11.4 Å². The summed E-state index contributed by atoms with van der Waals surface area (Å²) in [6.45, 7) is 3.50. The van der Waals surface area contributed by atoms with Crippen molar-refractivity contribution in [2.24, 2.45) is 5.92 Å². The third-order valence-corrected chi connectivity index (χ3v) is 6.60. The van der Waals surface area contributed by atoms with Crippen molar-refractivity contribution in [2.45, 2.75) is 38.1 Å². The molecular formula is C25H30ClN5O4. The number of benzene rings is 1. The van der Waals surface area contributed by atoms with Crippen molar-refractivity contribution in [1.29, 1.82) is 0 Å². The first-order chi connectivity index (χ1) is 16.9. The molecule has 0 unspecified atom stereocenters. The number of rotatable bonds is 10. The molecule has 2 amide bonds. The molecule has 9 nitrogen and oxygen atoms in total. The van der Waals surface area contributed by atoms with E-state index in [2.05, 4.69) is 20.2 Å². The molecule has 0 spiro atoms. The lowest BCUT2D eigenvalue weighted by Crippen LogP contribution is -2.55. The number of halogens is 1. The number of carbonyl (C=O) groups excluding carboxylic acids is 2. The van der Waals surface area contributed by atoms with Gasteiger partial charge in [0.05, 0.1) is 0 Å². The van der Waals surface area contributed by atoms with Crippen LogP contribution in [0.15, 0.2) is 36.4 Å². The summed E-state index contributed by atoms with van der Waals surface area (Å²) in [6.07, 6.45) is 3.47. The highest BCUT2D eigenvalue weighted by Crippen LogP contribution is 2.34. The number of nitrogens with zero attached hydrogens (tertiary/aromatic N) is 4. The number of aliphatic carboxylic acids is 1. The fourth-order valence-corrected chi connectivity index (χ4v) is 4.46. The van der Waals surface area contributed by atoms with E-state index >= 15 is 0 Å². The number of piperazine rings is 1. The number of hydrogen-bond acceptors (Lipinski definition) is 6. The maximum atomic E-state index is 13.3. The molecule has 35 heavy (non-hydrogen) atoms. The highest BCUT2D eigenvalue weighted by atomic mass is 35.5. The Morgan fingerprint density at radius 3 is 2.43 bits per heavy atom. The maximum absolute atomic E-state index is 13.3. The number of carboxylic acids is 1. The standard InChI is InChI=1S/C25H30ClN5O4/c26-20-16-19(27-23(28-20)18-6-2-1-3-7-18)24(34)29-22(17-9-10-17)25(35)31-14-12-30(13-15-31)11-5-4-8-21(32)33/h1-3,6-7,16-17,22H,4-5,8-15H2,(H,29,34)(H,32,33)/t22-/m0/s1. The predicted molar refractivity (Wildman–Crippen MR) is 131 cm³/mol. The third-order valence-electron chi connectivity index (χ3n) is 6.40. The van der Waals surface area contributed by atoms with Crippen LogP contribution in [0.5, 0.6) is 0 Å². The molecule has 4 rings (SSSR count). The van der Waals surface area contributed by atoms with Gasteiger partial charge in [0, 0.05) is 44.2 Å². The van der Waals surface area contributed by atoms with Crippen LogP contribution < -0.4 is 5.32 Å². The van der Waals surface area contributed by atoms with Crippen molar-refractivity contribution < 1.29 is 19.5 Å². The van der Waals surface area contributed by atoms with Crippen LogP contribution in [0.25, 0.3) is 11.4 Å². The molecule has 0 radical (unpaired) electrons. The fraction of sp³-hybridized carbons (Fsp3) is 0.480. The Hall–Kier alpha value is -3.04. The van der Waals surface area contributed by atoms with Crippen LogP contribution in [0, 0.1) is 5.92 Å². The quantitative estimate of drug-likeness (QED) is 0.381. The maximum Gasteiger partial charge on any atom is 0.303 e. The van der Waals surface area contributed by atoms with Gasteiger partial charge in [-0.25, -0.2) is 9.97 Å². The normalized spacial score (nSPS) is 17.1. The van der Waals surface area contributed by atoms with Gasteiger partial charge in [-0.1, -0.05) is 41.9 Å². The van der Waals surface area contributed by atoms with Crippen molar-refractivity contribution in [3.05, 3.63) is 47.2 Å². The minimum atomic E-state index is -0.769. The monoisotopic (exact) mass is 499 g/mol. The second-order valence-corrected chi connectivity index (χ2v) is 9.46. The average molecular weight is 500 g/mol. The molecule has 186 valence electrons. The number of hydrogen-bond donors (Lipinski definition) is 2. The van der Waals surface area contributed by atoms with E-state index in [4.69, 9.17) is 16.7 Å². The molecule has 10 heteroatoms. The van der Waals surface area contributed by atoms with Gasteiger partial charge in [-0.05, 0) is 38.1 Å². The lowest BCUT2D eigenvalue weighted by molar-refractivity contribution is -0.137. The summed E-state index contributed by atoms with van der Waals surface area (Å²) in [7, 11) is 0. The van der Waals surface area contributed by atoms with Crippen molar-refractivity contribution >= 4 is 29.4 Å². The molecule has 1 aromatic heterocycles. The summed E-state index contributed by atoms with van der Waals surface area (Å²) >= 11 is 6.17. The lowest BCUT2D eigenvalue weighted by Gasteiger charge is -2.36. The van der Waals surface area contributed by atoms with E-state index in [1.807, 2.05) is 35.2 Å². The van der Waals surface area contributed by atoms with E-state index in [-0.39, 0.29) is 29.1 Å². The molecular weight excluding hydrogens is 470 g/mol. The molecule has 0 bridgehead atoms. The van der Waals surface area contributed by atoms with E-state index in [0.717, 1.165) is 44.5 Å². The highest BCUT2D eigenvalue weighted by Gasteiger charge is 2.40. The van der Waals surface area contributed by atoms with Gasteiger partial charge in [0.2, 0.25) is 5.91 Å². The summed E-state index contributed by atoms with van der Waals surface area (Å²) in [5, 5.41) is 11.8. The molecule has 2 aliphatic rings. The number of unbranched alkanes of at least 4 members (excludes halogenated alkanes) is 1. The van der Waals surface area contributed by atoms with Crippen molar-refractivity contribution in [1.82, 2.24) is 25.1 Å². The van der Waals surface area contributed by atoms with E-state index < -0.39 is 17.9 Å². The zero-order valence-corrected chi connectivity index (χ0v) is 20.3. The zero-order valence-electron chi connectivity index (χ0n) is 19.5. The molecule has 2 aromatic rings. The number of amides is 2. The Balaban J connectivity index is 1.35. The van der Waals surface area contributed by atoms with Gasteiger partial charge in [0.15, 0.2) is 5.82 Å². The van der Waals surface area contributed by atoms with E-state index in [1.165, 1.54) is 6.07 Å². The van der Waals surface area contributed by atoms with E-state index in [9.17, 15) is 14.4 Å². The lowest BCUT2D eigenvalue weighted by atomic mass is 10.1. The Morgan fingerprint density at radius 2 is 1.77 bits per heavy atom. The minimum Gasteiger partial charge on any atom is -0.481 e. The molecule has 2 N–H and O–H groups in total. The van der Waals surface area contributed by atoms with Crippen LogP contribution in [0.2, 0.25) is 5.15 Å². The van der Waals surface area contributed by atoms with Gasteiger partial charge >= 0.3 is 5.97 Å². The van der Waals surface area contributed by atoms with Crippen LogP contribution in [0.4, 0.5) is 0 Å². The molecule has 1 atom stereocenters. The van der Waals surface area contributed by atoms with E-state index in [0.29, 0.717) is 25.3 Å². The Morgan fingerprint density at radius 1 is 1.06 bits per heavy atom. The molecule has 1 aliphatic carbocycles. The first-order valence-electron chi connectivity index (χ1n) is 12.0. The fourth-order valence-electron chi connectivity index (χ4n) is 4.28. The molecule has 2 heterocycles. The molecule has 1 saturated carbocycles. The second kappa shape index (κ2) is 11.6. The van der Waals surface area contributed by atoms with Crippen LogP contribution in [0.3, 0.4) is 0 Å². The zero-order chi connectivity index (χ0) is 24.8. The highest BCUT2D eigenvalue weighted by molar-refractivity contribution is 6.29. The summed E-state index contributed by atoms with van der Waals surface area (Å²) in [5.74, 6) is -0.777. The molecule has 1 saturated heterocycles. The Bertz CT molecular complexity index is 1060. The van der Waals surface area contributed by atoms with Crippen LogP contribution in [-0.2, 0) is 9.59 Å². The average Bonchev–Trinajstić information content (AvgIpc) is 3.70. The number of nitrogens with one attached hydrogen (secondary N) is 1. The van der Waals surface area contributed by atoms with Gasteiger partial charge < -0.3 is 15.3 Å². The van der Waals surface area contributed by atoms with Gasteiger partial charge in [0.25, 0.3) is 5.91 Å². The topological polar surface area (TPSA) is 116 Å². The largest absolute Gasteiger partial charge is 0.481 e. The van der Waals surface area contributed by atoms with Crippen LogP contribution in [0.1, 0.15) is 42.6 Å². The number of aromatic nitrogens is 2. The second-order valence-electron chi connectivity index (χ2n) is 9.07. The van der Waals surface area contributed by atoms with Gasteiger partial charge in [-0.15, -0.1) is 0 Å². The summed E-state index contributed by atoms with van der Waals surface area (Å²) < 4.78 is 0. The predicted octanol–water partition coefficient (Wildman–Crippen LogP) is 2.70. The summed E-state index contributed by atoms with van der Waals surface area (Å²) in [6, 6.07) is 10.1. The minimum absolute atomic E-state index is 0.0604. The van der Waals surface area contributed by atoms with Gasteiger partial charge in [0.1, 0.15) is 16.9 Å². The number of carbonyl (C=O) groups is 3. The van der Waals surface area contributed by atoms with Gasteiger partial charge in [-0.3, -0.25) is 19.3 Å². The Kier molecular flexibility index (Phi) is 8.30. The third kappa shape index (κ3) is 6.99. The summed E-state index contributed by atoms with van der Waals surface area (Å²) in [4.78, 5) is 49.7. The van der Waals surface area contributed by atoms with Gasteiger partial charge in [-0.2, -0.15) is 0 Å². The van der Waals surface area contributed by atoms with Crippen LogP contribution >= 0.6 is 11.6 Å². The van der Waals surface area contributed by atoms with Crippen LogP contribution in [-0.4, -0.2) is 81.4 Å². The molecule has 1 aromatic carbocycles. The van der Waals surface area contributed by atoms with Crippen molar-refractivity contribution in [2.75, 3.05) is 32.7 Å². The van der Waals surface area contributed by atoms with Crippen molar-refractivity contribution in [3.63, 3.8) is 0 Å². The first-order valence-corrected chi connectivity index (χ1v) is 12.4.